The second kappa shape index (κ2) is 3.01. The summed E-state index contributed by atoms with van der Waals surface area (Å²) in [4.78, 5) is 0. The highest BCUT2D eigenvalue weighted by Gasteiger charge is 2.21. The fourth-order valence-corrected chi connectivity index (χ4v) is 3.63. The molecule has 1 atom stereocenters. The summed E-state index contributed by atoms with van der Waals surface area (Å²) in [7, 11) is -2.32. The van der Waals surface area contributed by atoms with Gasteiger partial charge in [-0.1, -0.05) is 36.4 Å². The van der Waals surface area contributed by atoms with E-state index in [-0.39, 0.29) is 0 Å². The summed E-state index contributed by atoms with van der Waals surface area (Å²) < 4.78 is 12.3. The zero-order valence-electron chi connectivity index (χ0n) is 7.47. The third-order valence-electron chi connectivity index (χ3n) is 2.11. The highest BCUT2D eigenvalue weighted by Crippen LogP contribution is 2.52. The highest BCUT2D eigenvalue weighted by molar-refractivity contribution is 7.77. The van der Waals surface area contributed by atoms with Gasteiger partial charge in [-0.15, -0.1) is 0 Å². The lowest BCUT2D eigenvalue weighted by Crippen LogP contribution is -1.98. The predicted molar refractivity (Wildman–Crippen MR) is 56.6 cm³/mol. The molecule has 0 radical (unpaired) electrons. The van der Waals surface area contributed by atoms with Crippen molar-refractivity contribution in [2.75, 3.05) is 0 Å². The van der Waals surface area contributed by atoms with Gasteiger partial charge in [0.2, 0.25) is 0 Å². The Morgan fingerprint density at radius 2 is 1.85 bits per heavy atom. The summed E-state index contributed by atoms with van der Waals surface area (Å²) in [6.45, 7) is 1.97. The highest BCUT2D eigenvalue weighted by atomic mass is 31.2. The molecule has 1 unspecified atom stereocenters. The molecule has 0 aliphatic carbocycles. The van der Waals surface area contributed by atoms with Crippen molar-refractivity contribution in [1.82, 2.24) is 0 Å². The second-order valence-corrected chi connectivity index (χ2v) is 5.73. The van der Waals surface area contributed by atoms with Gasteiger partial charge in [-0.2, -0.15) is 0 Å². The average molecular weight is 190 g/mol. The second-order valence-electron chi connectivity index (χ2n) is 3.23. The Balaban J connectivity index is 2.50. The van der Waals surface area contributed by atoms with Crippen LogP contribution in [0.3, 0.4) is 0 Å². The maximum Gasteiger partial charge on any atom is 0.157 e. The van der Waals surface area contributed by atoms with Crippen molar-refractivity contribution in [3.05, 3.63) is 53.6 Å². The summed E-state index contributed by atoms with van der Waals surface area (Å²) in [5.74, 6) is 3.68. The van der Waals surface area contributed by atoms with E-state index in [0.29, 0.717) is 0 Å². The third-order valence-corrected chi connectivity index (χ3v) is 4.60. The Kier molecular flexibility index (Phi) is 1.97. The monoisotopic (exact) mass is 190 g/mol. The van der Waals surface area contributed by atoms with E-state index in [0.717, 1.165) is 10.9 Å². The van der Waals surface area contributed by atoms with Crippen LogP contribution >= 0.6 is 7.14 Å². The average Bonchev–Trinajstić information content (AvgIpc) is 2.49. The maximum atomic E-state index is 12.3. The molecule has 1 aliphatic heterocycles. The van der Waals surface area contributed by atoms with Crippen molar-refractivity contribution >= 4 is 12.4 Å². The molecule has 0 aromatic heterocycles. The molecule has 13 heavy (non-hydrogen) atoms. The summed E-state index contributed by atoms with van der Waals surface area (Å²) in [5.41, 5.74) is 1.09. The number of hydrogen-bond donors (Lipinski definition) is 0. The normalized spacial score (nSPS) is 26.1. The number of benzene rings is 1. The van der Waals surface area contributed by atoms with Crippen molar-refractivity contribution in [2.24, 2.45) is 0 Å². The molecule has 1 aromatic rings. The summed E-state index contributed by atoms with van der Waals surface area (Å²) in [5, 5.41) is 0.920. The van der Waals surface area contributed by atoms with Gasteiger partial charge in [0.1, 0.15) is 0 Å². The van der Waals surface area contributed by atoms with Gasteiger partial charge in [0.15, 0.2) is 7.14 Å². The van der Waals surface area contributed by atoms with Crippen molar-refractivity contribution < 1.29 is 4.57 Å². The Hall–Kier alpha value is -1.07. The Labute approximate surface area is 78.2 Å². The number of rotatable bonds is 1. The molecule has 66 valence electrons. The predicted octanol–water partition coefficient (Wildman–Crippen LogP) is 3.11. The first-order valence-corrected chi connectivity index (χ1v) is 6.09. The first-order valence-electron chi connectivity index (χ1n) is 4.24. The maximum absolute atomic E-state index is 12.3. The van der Waals surface area contributed by atoms with E-state index in [1.165, 1.54) is 0 Å². The van der Waals surface area contributed by atoms with Crippen LogP contribution in [0.4, 0.5) is 0 Å². The van der Waals surface area contributed by atoms with Crippen LogP contribution in [0.5, 0.6) is 0 Å². The van der Waals surface area contributed by atoms with Crippen molar-refractivity contribution in [2.45, 2.75) is 6.92 Å². The van der Waals surface area contributed by atoms with Crippen LogP contribution in [-0.2, 0) is 4.57 Å². The quantitative estimate of drug-likeness (QED) is 0.622. The van der Waals surface area contributed by atoms with Gasteiger partial charge < -0.3 is 4.57 Å². The standard InChI is InChI=1S/C11H11OP/c1-10-7-8-13(12,9-10)11-5-3-2-4-6-11/h2-9H,1H3. The van der Waals surface area contributed by atoms with Crippen LogP contribution in [-0.4, -0.2) is 0 Å². The first kappa shape index (κ1) is 8.52. The van der Waals surface area contributed by atoms with Gasteiger partial charge in [0, 0.05) is 5.30 Å². The topological polar surface area (TPSA) is 17.1 Å². The summed E-state index contributed by atoms with van der Waals surface area (Å²) >= 11 is 0. The van der Waals surface area contributed by atoms with Crippen LogP contribution in [0, 0.1) is 0 Å². The van der Waals surface area contributed by atoms with E-state index < -0.39 is 7.14 Å². The number of hydrogen-bond acceptors (Lipinski definition) is 1. The zero-order valence-corrected chi connectivity index (χ0v) is 8.37. The minimum atomic E-state index is -2.32. The Morgan fingerprint density at radius 3 is 2.38 bits per heavy atom. The molecule has 0 N–H and O–H groups in total. The molecule has 1 aliphatic rings. The Morgan fingerprint density at radius 1 is 1.15 bits per heavy atom. The van der Waals surface area contributed by atoms with Gasteiger partial charge in [-0.25, -0.2) is 0 Å². The Bertz CT molecular complexity index is 415. The molecular weight excluding hydrogens is 179 g/mol. The van der Waals surface area contributed by atoms with E-state index in [1.54, 1.807) is 0 Å². The van der Waals surface area contributed by atoms with Gasteiger partial charge in [0.05, 0.1) is 0 Å². The van der Waals surface area contributed by atoms with Gasteiger partial charge in [-0.3, -0.25) is 0 Å². The van der Waals surface area contributed by atoms with E-state index in [1.807, 2.05) is 55.0 Å². The molecule has 0 saturated carbocycles. The molecule has 1 nitrogen and oxygen atoms in total. The molecule has 1 heterocycles. The minimum absolute atomic E-state index is 0.920. The molecular formula is C11H11OP. The smallest absolute Gasteiger partial charge is 0.157 e. The van der Waals surface area contributed by atoms with Crippen LogP contribution < -0.4 is 5.30 Å². The lowest BCUT2D eigenvalue weighted by Gasteiger charge is -2.05. The summed E-state index contributed by atoms with van der Waals surface area (Å²) in [6, 6.07) is 9.61. The first-order chi connectivity index (χ1) is 6.21. The van der Waals surface area contributed by atoms with Gasteiger partial charge in [0.25, 0.3) is 0 Å². The van der Waals surface area contributed by atoms with Gasteiger partial charge >= 0.3 is 0 Å². The van der Waals surface area contributed by atoms with Crippen LogP contribution in [0.1, 0.15) is 6.92 Å². The molecule has 0 bridgehead atoms. The molecule has 2 heteroatoms. The van der Waals surface area contributed by atoms with Gasteiger partial charge in [-0.05, 0) is 24.1 Å². The molecule has 1 aromatic carbocycles. The molecule has 0 fully saturated rings. The molecule has 0 saturated heterocycles. The van der Waals surface area contributed by atoms with Crippen LogP contribution in [0.15, 0.2) is 53.6 Å². The molecule has 2 rings (SSSR count). The van der Waals surface area contributed by atoms with Crippen molar-refractivity contribution in [3.63, 3.8) is 0 Å². The van der Waals surface area contributed by atoms with Crippen molar-refractivity contribution in [1.29, 1.82) is 0 Å². The third kappa shape index (κ3) is 1.52. The molecule has 0 amide bonds. The summed E-state index contributed by atoms with van der Waals surface area (Å²) in [6.07, 6.45) is 1.92. The molecule has 0 spiro atoms. The minimum Gasteiger partial charge on any atom is -0.310 e. The van der Waals surface area contributed by atoms with Crippen molar-refractivity contribution in [3.8, 4) is 0 Å². The zero-order chi connectivity index (χ0) is 9.31. The fourth-order valence-electron chi connectivity index (χ4n) is 1.44. The lowest BCUT2D eigenvalue weighted by atomic mass is 10.4. The van der Waals surface area contributed by atoms with Crippen LogP contribution in [0.2, 0.25) is 0 Å². The van der Waals surface area contributed by atoms with E-state index in [4.69, 9.17) is 0 Å². The lowest BCUT2D eigenvalue weighted by molar-refractivity contribution is 0.592. The van der Waals surface area contributed by atoms with E-state index >= 15 is 0 Å². The van der Waals surface area contributed by atoms with E-state index in [9.17, 15) is 4.57 Å². The van der Waals surface area contributed by atoms with Crippen LogP contribution in [0.25, 0.3) is 0 Å². The largest absolute Gasteiger partial charge is 0.310 e. The number of allylic oxidation sites excluding steroid dienone is 2. The fraction of sp³-hybridized carbons (Fsp3) is 0.0909. The SMILES string of the molecule is CC1=CP(=O)(c2ccccc2)C=C1. The van der Waals surface area contributed by atoms with E-state index in [2.05, 4.69) is 0 Å².